The third kappa shape index (κ3) is 2.44. The molecule has 1 saturated carbocycles. The van der Waals surface area contributed by atoms with Gasteiger partial charge in [0.15, 0.2) is 5.78 Å². The van der Waals surface area contributed by atoms with Crippen LogP contribution in [-0.2, 0) is 14.3 Å². The average Bonchev–Trinajstić information content (AvgIpc) is 2.69. The molecule has 0 aromatic rings. The fraction of sp³-hybridized carbons (Fsp3) is 0.727. The number of carbonyl (C=O) groups excluding carboxylic acids is 2. The Labute approximate surface area is 166 Å². The molecule has 28 heavy (non-hydrogen) atoms. The first-order valence-electron chi connectivity index (χ1n) is 9.91. The van der Waals surface area contributed by atoms with Crippen molar-refractivity contribution in [2.24, 2.45) is 22.7 Å². The molecule has 0 saturated heterocycles. The molecule has 0 amide bonds. The summed E-state index contributed by atoms with van der Waals surface area (Å²) in [6.45, 7) is 10.2. The minimum atomic E-state index is -1.74. The normalized spacial score (nSPS) is 44.8. The van der Waals surface area contributed by atoms with Crippen molar-refractivity contribution in [1.29, 1.82) is 0 Å². The second-order valence-corrected chi connectivity index (χ2v) is 9.74. The molecule has 0 heterocycles. The van der Waals surface area contributed by atoms with E-state index >= 15 is 0 Å². The maximum Gasteiger partial charge on any atom is 0.303 e. The predicted octanol–water partition coefficient (Wildman–Crippen LogP) is 1.92. The molecule has 3 aliphatic rings. The van der Waals surface area contributed by atoms with Gasteiger partial charge in [-0.2, -0.15) is 0 Å². The Kier molecular flexibility index (Phi) is 4.73. The molecule has 6 heteroatoms. The molecule has 6 atom stereocenters. The van der Waals surface area contributed by atoms with Crippen LogP contribution in [0.25, 0.3) is 0 Å². The molecule has 1 fully saturated rings. The molecule has 0 radical (unpaired) electrons. The third-order valence-corrected chi connectivity index (χ3v) is 7.83. The quantitative estimate of drug-likeness (QED) is 0.490. The highest BCUT2D eigenvalue weighted by Gasteiger charge is 2.71. The molecule has 156 valence electrons. The Bertz CT molecular complexity index is 780. The lowest BCUT2D eigenvalue weighted by atomic mass is 9.60. The Morgan fingerprint density at radius 3 is 2.46 bits per heavy atom. The monoisotopic (exact) mass is 392 g/mol. The first-order valence-corrected chi connectivity index (χ1v) is 9.91. The number of rotatable bonds is 2. The van der Waals surface area contributed by atoms with E-state index in [0.717, 1.165) is 0 Å². The topological polar surface area (TPSA) is 104 Å². The summed E-state index contributed by atoms with van der Waals surface area (Å²) in [6.07, 6.45) is 2.63. The molecule has 2 bridgehead atoms. The molecular formula is C22H32O6. The highest BCUT2D eigenvalue weighted by Crippen LogP contribution is 2.63. The van der Waals surface area contributed by atoms with Crippen molar-refractivity contribution in [2.75, 3.05) is 6.61 Å². The van der Waals surface area contributed by atoms with Crippen LogP contribution in [0, 0.1) is 22.7 Å². The van der Waals surface area contributed by atoms with Gasteiger partial charge in [-0.15, -0.1) is 0 Å². The number of ketones is 1. The fourth-order valence-corrected chi connectivity index (χ4v) is 5.95. The number of Topliss-reactive ketones (excluding diaryl/α,β-unsaturated/α-hetero) is 1. The van der Waals surface area contributed by atoms with E-state index in [4.69, 9.17) is 4.74 Å². The van der Waals surface area contributed by atoms with Crippen LogP contribution in [0.1, 0.15) is 54.4 Å². The zero-order chi connectivity index (χ0) is 21.3. The fourth-order valence-electron chi connectivity index (χ4n) is 5.95. The molecule has 0 aromatic heterocycles. The Balaban J connectivity index is 2.34. The van der Waals surface area contributed by atoms with Crippen molar-refractivity contribution in [3.05, 3.63) is 23.3 Å². The lowest BCUT2D eigenvalue weighted by molar-refractivity contribution is -0.175. The van der Waals surface area contributed by atoms with Crippen molar-refractivity contribution in [1.82, 2.24) is 0 Å². The Hall–Kier alpha value is -1.50. The van der Waals surface area contributed by atoms with E-state index in [0.29, 0.717) is 17.6 Å². The SMILES string of the molecule is CC(=O)O[C@]1(C)C[C@@H](C)C23C=C(C)C(O)C2(O)CC(CO)=CC(C3=O)C1(C)C. The minimum Gasteiger partial charge on any atom is -0.459 e. The number of ether oxygens (including phenoxy) is 1. The lowest BCUT2D eigenvalue weighted by Gasteiger charge is -2.47. The largest absolute Gasteiger partial charge is 0.459 e. The number of allylic oxidation sites excluding steroid dienone is 1. The van der Waals surface area contributed by atoms with Crippen LogP contribution in [-0.4, -0.2) is 51.0 Å². The first kappa shape index (κ1) is 21.2. The molecule has 6 nitrogen and oxygen atoms in total. The van der Waals surface area contributed by atoms with Gasteiger partial charge in [0, 0.05) is 24.7 Å². The van der Waals surface area contributed by atoms with Crippen molar-refractivity contribution < 1.29 is 29.6 Å². The van der Waals surface area contributed by atoms with E-state index in [2.05, 4.69) is 0 Å². The molecule has 3 aliphatic carbocycles. The van der Waals surface area contributed by atoms with Crippen molar-refractivity contribution in [3.8, 4) is 0 Å². The first-order chi connectivity index (χ1) is 12.8. The third-order valence-electron chi connectivity index (χ3n) is 7.83. The van der Waals surface area contributed by atoms with E-state index in [-0.39, 0.29) is 18.8 Å². The average molecular weight is 392 g/mol. The van der Waals surface area contributed by atoms with Gasteiger partial charge in [0.2, 0.25) is 0 Å². The van der Waals surface area contributed by atoms with Crippen LogP contribution < -0.4 is 0 Å². The number of fused-ring (bicyclic) bond motifs is 1. The van der Waals surface area contributed by atoms with E-state index in [1.165, 1.54) is 6.92 Å². The van der Waals surface area contributed by atoms with Gasteiger partial charge in [-0.05, 0) is 37.3 Å². The van der Waals surface area contributed by atoms with Gasteiger partial charge in [-0.1, -0.05) is 32.9 Å². The van der Waals surface area contributed by atoms with Crippen LogP contribution in [0.3, 0.4) is 0 Å². The number of esters is 1. The standard InChI is InChI=1S/C22H32O6/c1-12-8-21-13(2)9-20(6,28-14(3)24)19(4,5)16(18(21)26)7-15(11-23)10-22(21,27)17(12)25/h7-8,13,16-17,23,25,27H,9-11H2,1-6H3/t13-,16?,17?,20-,21?,22?/m1/s1. The van der Waals surface area contributed by atoms with Crippen LogP contribution in [0.4, 0.5) is 0 Å². The van der Waals surface area contributed by atoms with Crippen molar-refractivity contribution in [2.45, 2.75) is 71.7 Å². The van der Waals surface area contributed by atoms with Gasteiger partial charge < -0.3 is 20.1 Å². The number of carbonyl (C=O) groups is 2. The summed E-state index contributed by atoms with van der Waals surface area (Å²) < 4.78 is 5.79. The Morgan fingerprint density at radius 2 is 1.93 bits per heavy atom. The molecule has 1 spiro atoms. The second kappa shape index (κ2) is 6.25. The zero-order valence-electron chi connectivity index (χ0n) is 17.6. The lowest BCUT2D eigenvalue weighted by Crippen LogP contribution is -2.59. The predicted molar refractivity (Wildman–Crippen MR) is 103 cm³/mol. The smallest absolute Gasteiger partial charge is 0.303 e. The number of hydrogen-bond acceptors (Lipinski definition) is 6. The van der Waals surface area contributed by atoms with E-state index in [1.54, 1.807) is 19.1 Å². The molecule has 0 aliphatic heterocycles. The van der Waals surface area contributed by atoms with Gasteiger partial charge >= 0.3 is 5.97 Å². The highest BCUT2D eigenvalue weighted by atomic mass is 16.6. The number of aliphatic hydroxyl groups is 3. The zero-order valence-corrected chi connectivity index (χ0v) is 17.6. The number of hydrogen-bond donors (Lipinski definition) is 3. The highest BCUT2D eigenvalue weighted by molar-refractivity contribution is 5.95. The summed E-state index contributed by atoms with van der Waals surface area (Å²) in [4.78, 5) is 25.9. The van der Waals surface area contributed by atoms with Crippen LogP contribution in [0.5, 0.6) is 0 Å². The van der Waals surface area contributed by atoms with E-state index in [9.17, 15) is 24.9 Å². The molecule has 3 rings (SSSR count). The molecule has 0 aromatic carbocycles. The Morgan fingerprint density at radius 1 is 1.32 bits per heavy atom. The maximum atomic E-state index is 14.0. The molecular weight excluding hydrogens is 360 g/mol. The minimum absolute atomic E-state index is 0.0193. The summed E-state index contributed by atoms with van der Waals surface area (Å²) in [5.41, 5.74) is -3.74. The molecule has 3 N–H and O–H groups in total. The van der Waals surface area contributed by atoms with Gasteiger partial charge in [0.25, 0.3) is 0 Å². The second-order valence-electron chi connectivity index (χ2n) is 9.74. The summed E-state index contributed by atoms with van der Waals surface area (Å²) >= 11 is 0. The van der Waals surface area contributed by atoms with Crippen LogP contribution in [0.15, 0.2) is 23.3 Å². The van der Waals surface area contributed by atoms with Crippen LogP contribution >= 0.6 is 0 Å². The van der Waals surface area contributed by atoms with Crippen molar-refractivity contribution in [3.63, 3.8) is 0 Å². The van der Waals surface area contributed by atoms with Gasteiger partial charge in [0.1, 0.15) is 17.3 Å². The summed E-state index contributed by atoms with van der Waals surface area (Å²) in [6, 6.07) is 0. The summed E-state index contributed by atoms with van der Waals surface area (Å²) in [7, 11) is 0. The summed E-state index contributed by atoms with van der Waals surface area (Å²) in [5.74, 6) is -1.70. The van der Waals surface area contributed by atoms with Gasteiger partial charge in [-0.3, -0.25) is 9.59 Å². The number of aliphatic hydroxyl groups excluding tert-OH is 2. The van der Waals surface area contributed by atoms with E-state index < -0.39 is 45.9 Å². The van der Waals surface area contributed by atoms with Gasteiger partial charge in [0.05, 0.1) is 12.0 Å². The molecule has 4 unspecified atom stereocenters. The summed E-state index contributed by atoms with van der Waals surface area (Å²) in [5, 5.41) is 32.5. The van der Waals surface area contributed by atoms with Gasteiger partial charge in [-0.25, -0.2) is 0 Å². The van der Waals surface area contributed by atoms with Crippen LogP contribution in [0.2, 0.25) is 0 Å². The van der Waals surface area contributed by atoms with Crippen molar-refractivity contribution >= 4 is 11.8 Å². The maximum absolute atomic E-state index is 14.0. The van der Waals surface area contributed by atoms with E-state index in [1.807, 2.05) is 27.7 Å².